The molecule has 5 heteroatoms. The summed E-state index contributed by atoms with van der Waals surface area (Å²) in [6.07, 6.45) is 0. The minimum absolute atomic E-state index is 0.0625. The summed E-state index contributed by atoms with van der Waals surface area (Å²) in [5.41, 5.74) is 0.220. The number of Topliss-reactive ketones (excluding diaryl/α,β-unsaturated/α-hetero) is 1. The Labute approximate surface area is 123 Å². The fraction of sp³-hybridized carbons (Fsp3) is 0.0714. The van der Waals surface area contributed by atoms with E-state index in [1.165, 1.54) is 23.9 Å². The summed E-state index contributed by atoms with van der Waals surface area (Å²) in [6, 6.07) is 11.6. The van der Waals surface area contributed by atoms with Gasteiger partial charge in [-0.25, -0.2) is 0 Å². The van der Waals surface area contributed by atoms with Gasteiger partial charge in [-0.3, -0.25) is 4.79 Å². The number of hydrogen-bond acceptors (Lipinski definition) is 4. The van der Waals surface area contributed by atoms with Crippen molar-refractivity contribution < 1.29 is 15.0 Å². The molecule has 2 aromatic carbocycles. The Morgan fingerprint density at radius 3 is 2.58 bits per heavy atom. The highest BCUT2D eigenvalue weighted by Crippen LogP contribution is 2.29. The molecule has 0 aromatic heterocycles. The van der Waals surface area contributed by atoms with E-state index in [4.69, 9.17) is 0 Å². The Balaban J connectivity index is 2.08. The molecular weight excluding hydrogens is 328 g/mol. The maximum absolute atomic E-state index is 12.0. The molecule has 2 N–H and O–H groups in total. The number of phenolic OH excluding ortho intramolecular Hbond substituents is 2. The van der Waals surface area contributed by atoms with Gasteiger partial charge < -0.3 is 10.2 Å². The van der Waals surface area contributed by atoms with Crippen molar-refractivity contribution in [3.8, 4) is 11.5 Å². The van der Waals surface area contributed by atoms with Gasteiger partial charge >= 0.3 is 0 Å². The Kier molecular flexibility index (Phi) is 4.50. The van der Waals surface area contributed by atoms with Gasteiger partial charge in [0.2, 0.25) is 0 Å². The minimum Gasteiger partial charge on any atom is -0.508 e. The summed E-state index contributed by atoms with van der Waals surface area (Å²) in [5.74, 6) is -0.218. The van der Waals surface area contributed by atoms with E-state index >= 15 is 0 Å². The molecule has 0 saturated heterocycles. The van der Waals surface area contributed by atoms with Crippen LogP contribution in [0.2, 0.25) is 0 Å². The number of aromatic hydroxyl groups is 2. The van der Waals surface area contributed by atoms with Crippen molar-refractivity contribution in [1.82, 2.24) is 0 Å². The lowest BCUT2D eigenvalue weighted by Gasteiger charge is -2.05. The molecule has 0 amide bonds. The van der Waals surface area contributed by atoms with Crippen LogP contribution >= 0.6 is 27.7 Å². The number of hydrogen-bond donors (Lipinski definition) is 2. The SMILES string of the molecule is O=C(CSc1ccccc1Br)c1ccc(O)cc1O. The molecule has 0 unspecified atom stereocenters. The molecule has 0 aliphatic carbocycles. The molecule has 3 nitrogen and oxygen atoms in total. The van der Waals surface area contributed by atoms with Crippen molar-refractivity contribution in [1.29, 1.82) is 0 Å². The second-order valence-corrected chi connectivity index (χ2v) is 5.72. The van der Waals surface area contributed by atoms with Crippen LogP contribution in [0.3, 0.4) is 0 Å². The van der Waals surface area contributed by atoms with Crippen molar-refractivity contribution in [3.05, 3.63) is 52.5 Å². The van der Waals surface area contributed by atoms with Crippen LogP contribution in [-0.2, 0) is 0 Å². The Morgan fingerprint density at radius 1 is 1.16 bits per heavy atom. The predicted octanol–water partition coefficient (Wildman–Crippen LogP) is 3.84. The van der Waals surface area contributed by atoms with Crippen LogP contribution in [0.15, 0.2) is 51.8 Å². The smallest absolute Gasteiger partial charge is 0.176 e. The van der Waals surface area contributed by atoms with Gasteiger partial charge in [-0.15, -0.1) is 11.8 Å². The fourth-order valence-electron chi connectivity index (χ4n) is 1.54. The van der Waals surface area contributed by atoms with Crippen LogP contribution in [0, 0.1) is 0 Å². The van der Waals surface area contributed by atoms with Crippen LogP contribution in [0.25, 0.3) is 0 Å². The van der Waals surface area contributed by atoms with Crippen LogP contribution < -0.4 is 0 Å². The summed E-state index contributed by atoms with van der Waals surface area (Å²) in [7, 11) is 0. The zero-order valence-electron chi connectivity index (χ0n) is 9.84. The van der Waals surface area contributed by atoms with Crippen molar-refractivity contribution in [3.63, 3.8) is 0 Å². The van der Waals surface area contributed by atoms with E-state index in [0.29, 0.717) is 0 Å². The molecule has 0 heterocycles. The number of carbonyl (C=O) groups excluding carboxylic acids is 1. The number of rotatable bonds is 4. The van der Waals surface area contributed by atoms with Crippen molar-refractivity contribution in [2.45, 2.75) is 4.90 Å². The van der Waals surface area contributed by atoms with Crippen molar-refractivity contribution >= 4 is 33.5 Å². The highest BCUT2D eigenvalue weighted by atomic mass is 79.9. The number of thioether (sulfide) groups is 1. The number of carbonyl (C=O) groups is 1. The van der Waals surface area contributed by atoms with Crippen molar-refractivity contribution in [2.24, 2.45) is 0 Å². The molecule has 0 aliphatic rings. The van der Waals surface area contributed by atoms with Gasteiger partial charge in [-0.05, 0) is 40.2 Å². The highest BCUT2D eigenvalue weighted by molar-refractivity contribution is 9.10. The molecule has 0 aliphatic heterocycles. The van der Waals surface area contributed by atoms with Crippen LogP contribution in [0.1, 0.15) is 10.4 Å². The first-order chi connectivity index (χ1) is 9.08. The first-order valence-corrected chi connectivity index (χ1v) is 7.28. The number of benzene rings is 2. The summed E-state index contributed by atoms with van der Waals surface area (Å²) in [6.45, 7) is 0. The first kappa shape index (κ1) is 14.0. The first-order valence-electron chi connectivity index (χ1n) is 5.50. The molecule has 98 valence electrons. The molecule has 0 atom stereocenters. The highest BCUT2D eigenvalue weighted by Gasteiger charge is 2.12. The van der Waals surface area contributed by atoms with Gasteiger partial charge in [0.05, 0.1) is 11.3 Å². The van der Waals surface area contributed by atoms with Gasteiger partial charge in [0.1, 0.15) is 11.5 Å². The molecule has 0 fully saturated rings. The Hall–Kier alpha value is -1.46. The fourth-order valence-corrected chi connectivity index (χ4v) is 2.99. The molecule has 0 radical (unpaired) electrons. The van der Waals surface area contributed by atoms with Gasteiger partial charge in [-0.1, -0.05) is 12.1 Å². The normalized spacial score (nSPS) is 10.4. The predicted molar refractivity (Wildman–Crippen MR) is 79.0 cm³/mol. The van der Waals surface area contributed by atoms with Crippen LogP contribution in [-0.4, -0.2) is 21.7 Å². The average Bonchev–Trinajstić information content (AvgIpc) is 2.37. The van der Waals surface area contributed by atoms with Crippen molar-refractivity contribution in [2.75, 3.05) is 5.75 Å². The summed E-state index contributed by atoms with van der Waals surface area (Å²) < 4.78 is 0.933. The van der Waals surface area contributed by atoms with Crippen LogP contribution in [0.4, 0.5) is 0 Å². The average molecular weight is 339 g/mol. The van der Waals surface area contributed by atoms with E-state index in [2.05, 4.69) is 15.9 Å². The van der Waals surface area contributed by atoms with Crippen LogP contribution in [0.5, 0.6) is 11.5 Å². The van der Waals surface area contributed by atoms with E-state index < -0.39 is 0 Å². The maximum atomic E-state index is 12.0. The summed E-state index contributed by atoms with van der Waals surface area (Å²) in [4.78, 5) is 13.0. The minimum atomic E-state index is -0.197. The largest absolute Gasteiger partial charge is 0.508 e. The third-order valence-corrected chi connectivity index (χ3v) is 4.50. The van der Waals surface area contributed by atoms with E-state index in [1.807, 2.05) is 24.3 Å². The second-order valence-electron chi connectivity index (χ2n) is 3.84. The van der Waals surface area contributed by atoms with Gasteiger partial charge in [0.15, 0.2) is 5.78 Å². The molecule has 19 heavy (non-hydrogen) atoms. The summed E-state index contributed by atoms with van der Waals surface area (Å²) in [5, 5.41) is 18.8. The van der Waals surface area contributed by atoms with Gasteiger partial charge in [-0.2, -0.15) is 0 Å². The lowest BCUT2D eigenvalue weighted by atomic mass is 10.1. The summed E-state index contributed by atoms with van der Waals surface area (Å²) >= 11 is 4.80. The number of ketones is 1. The van der Waals surface area contributed by atoms with E-state index in [9.17, 15) is 15.0 Å². The number of halogens is 1. The molecule has 0 saturated carbocycles. The lowest BCUT2D eigenvalue weighted by Crippen LogP contribution is -2.02. The zero-order chi connectivity index (χ0) is 13.8. The van der Waals surface area contributed by atoms with Gasteiger partial charge in [0.25, 0.3) is 0 Å². The Morgan fingerprint density at radius 2 is 1.89 bits per heavy atom. The second kappa shape index (κ2) is 6.12. The third-order valence-electron chi connectivity index (χ3n) is 2.48. The monoisotopic (exact) mass is 338 g/mol. The molecule has 0 spiro atoms. The molecular formula is C14H11BrO3S. The van der Waals surface area contributed by atoms with E-state index in [1.54, 1.807) is 0 Å². The van der Waals surface area contributed by atoms with E-state index in [-0.39, 0.29) is 28.6 Å². The molecule has 2 rings (SSSR count). The molecule has 0 bridgehead atoms. The Bertz CT molecular complexity index is 613. The maximum Gasteiger partial charge on any atom is 0.176 e. The third kappa shape index (κ3) is 3.52. The topological polar surface area (TPSA) is 57.5 Å². The quantitative estimate of drug-likeness (QED) is 0.656. The van der Waals surface area contributed by atoms with Gasteiger partial charge in [0, 0.05) is 15.4 Å². The lowest BCUT2D eigenvalue weighted by molar-refractivity contribution is 0.102. The number of phenols is 2. The standard InChI is InChI=1S/C14H11BrO3S/c15-11-3-1-2-4-14(11)19-8-13(18)10-6-5-9(16)7-12(10)17/h1-7,16-17H,8H2. The molecule has 2 aromatic rings. The zero-order valence-corrected chi connectivity index (χ0v) is 12.2. The van der Waals surface area contributed by atoms with E-state index in [0.717, 1.165) is 15.4 Å².